The van der Waals surface area contributed by atoms with E-state index in [4.69, 9.17) is 9.47 Å². The van der Waals surface area contributed by atoms with Gasteiger partial charge in [0, 0.05) is 18.9 Å². The summed E-state index contributed by atoms with van der Waals surface area (Å²) in [5.74, 6) is -0.387. The zero-order valence-corrected chi connectivity index (χ0v) is 14.8. The molecule has 5 rings (SSSR count). The summed E-state index contributed by atoms with van der Waals surface area (Å²) in [6.45, 7) is 1.35. The minimum atomic E-state index is -3.71. The van der Waals surface area contributed by atoms with Crippen molar-refractivity contribution in [2.75, 3.05) is 0 Å². The van der Waals surface area contributed by atoms with Crippen LogP contribution in [0.2, 0.25) is 0 Å². The van der Waals surface area contributed by atoms with E-state index in [9.17, 15) is 13.2 Å². The molecule has 3 atom stereocenters. The molecule has 132 valence electrons. The molecule has 1 saturated carbocycles. The lowest BCUT2D eigenvalue weighted by Crippen LogP contribution is -2.20. The molecule has 0 bridgehead atoms. The van der Waals surface area contributed by atoms with Crippen LogP contribution in [0.4, 0.5) is 0 Å². The fraction of sp³-hybridized carbons (Fsp3) is 0.250. The summed E-state index contributed by atoms with van der Waals surface area (Å²) < 4.78 is 38.2. The Morgan fingerprint density at radius 3 is 2.54 bits per heavy atom. The van der Waals surface area contributed by atoms with Gasteiger partial charge < -0.3 is 9.47 Å². The highest BCUT2D eigenvalue weighted by molar-refractivity contribution is 8.00. The van der Waals surface area contributed by atoms with E-state index in [0.717, 1.165) is 5.56 Å². The monoisotopic (exact) mass is 368 g/mol. The van der Waals surface area contributed by atoms with Gasteiger partial charge in [-0.1, -0.05) is 42.5 Å². The van der Waals surface area contributed by atoms with Gasteiger partial charge in [-0.25, -0.2) is 8.42 Å². The fourth-order valence-electron chi connectivity index (χ4n) is 4.36. The minimum absolute atomic E-state index is 0.252. The fourth-order valence-corrected chi connectivity index (χ4v) is 6.13. The third-order valence-electron chi connectivity index (χ3n) is 5.33. The lowest BCUT2D eigenvalue weighted by molar-refractivity contribution is -0.147. The first kappa shape index (κ1) is 15.8. The van der Waals surface area contributed by atoms with Crippen molar-refractivity contribution in [1.82, 2.24) is 0 Å². The molecule has 0 unspecified atom stereocenters. The predicted octanol–water partition coefficient (Wildman–Crippen LogP) is 2.81. The Morgan fingerprint density at radius 2 is 1.81 bits per heavy atom. The molecule has 1 aliphatic heterocycles. The zero-order chi connectivity index (χ0) is 18.1. The molecule has 2 aliphatic carbocycles. The molecule has 3 aliphatic rings. The van der Waals surface area contributed by atoms with Gasteiger partial charge in [-0.05, 0) is 23.3 Å². The SMILES string of the molecule is CC(=O)O[C@H]1CC2=C(S(=O)(=O)c3ccccc3)c3ccccc3[C@@]23O[C@@H]13. The molecule has 1 saturated heterocycles. The van der Waals surface area contributed by atoms with Gasteiger partial charge in [0.2, 0.25) is 9.84 Å². The minimum Gasteiger partial charge on any atom is -0.459 e. The molecule has 2 aromatic rings. The summed E-state index contributed by atoms with van der Waals surface area (Å²) in [6.07, 6.45) is -0.386. The van der Waals surface area contributed by atoms with Gasteiger partial charge in [0.05, 0.1) is 9.80 Å². The number of carbonyl (C=O) groups excluding carboxylic acids is 1. The Morgan fingerprint density at radius 1 is 1.12 bits per heavy atom. The molecule has 0 radical (unpaired) electrons. The average molecular weight is 368 g/mol. The number of hydrogen-bond donors (Lipinski definition) is 0. The highest BCUT2D eigenvalue weighted by Gasteiger charge is 2.73. The van der Waals surface area contributed by atoms with E-state index in [1.165, 1.54) is 6.92 Å². The molecule has 6 heteroatoms. The number of carbonyl (C=O) groups is 1. The number of ether oxygens (including phenoxy) is 2. The quantitative estimate of drug-likeness (QED) is 0.615. The molecule has 0 amide bonds. The lowest BCUT2D eigenvalue weighted by atomic mass is 9.97. The third kappa shape index (κ3) is 1.88. The van der Waals surface area contributed by atoms with Crippen LogP contribution in [-0.2, 0) is 29.7 Å². The number of sulfone groups is 1. The molecule has 2 fully saturated rings. The van der Waals surface area contributed by atoms with Crippen LogP contribution in [0.25, 0.3) is 4.91 Å². The summed E-state index contributed by atoms with van der Waals surface area (Å²) in [5, 5.41) is 0. The molecule has 5 nitrogen and oxygen atoms in total. The molecular formula is C20H16O5S. The molecular weight excluding hydrogens is 352 g/mol. The number of hydrogen-bond acceptors (Lipinski definition) is 5. The van der Waals surface area contributed by atoms with Crippen LogP contribution in [0.1, 0.15) is 24.5 Å². The second-order valence-corrected chi connectivity index (χ2v) is 8.68. The van der Waals surface area contributed by atoms with Crippen molar-refractivity contribution in [1.29, 1.82) is 0 Å². The number of epoxide rings is 1. The third-order valence-corrected chi connectivity index (χ3v) is 7.23. The molecule has 1 heterocycles. The number of fused-ring (bicyclic) bond motifs is 1. The predicted molar refractivity (Wildman–Crippen MR) is 93.7 cm³/mol. The second-order valence-electron chi connectivity index (χ2n) is 6.80. The van der Waals surface area contributed by atoms with Crippen molar-refractivity contribution in [2.24, 2.45) is 0 Å². The molecule has 1 spiro atoms. The maximum Gasteiger partial charge on any atom is 0.303 e. The largest absolute Gasteiger partial charge is 0.459 e. The smallest absolute Gasteiger partial charge is 0.303 e. The van der Waals surface area contributed by atoms with Crippen LogP contribution in [0, 0.1) is 0 Å². The molecule has 26 heavy (non-hydrogen) atoms. The summed E-state index contributed by atoms with van der Waals surface area (Å²) in [6, 6.07) is 15.8. The van der Waals surface area contributed by atoms with Crippen LogP contribution in [0.3, 0.4) is 0 Å². The lowest BCUT2D eigenvalue weighted by Gasteiger charge is -2.13. The molecule has 0 aromatic heterocycles. The maximum atomic E-state index is 13.4. The summed E-state index contributed by atoms with van der Waals surface area (Å²) >= 11 is 0. The van der Waals surface area contributed by atoms with Gasteiger partial charge >= 0.3 is 5.97 Å². The van der Waals surface area contributed by atoms with Crippen LogP contribution in [0.5, 0.6) is 0 Å². The highest BCUT2D eigenvalue weighted by atomic mass is 32.2. The van der Waals surface area contributed by atoms with E-state index in [-0.39, 0.29) is 17.0 Å². The van der Waals surface area contributed by atoms with E-state index in [1.54, 1.807) is 30.3 Å². The van der Waals surface area contributed by atoms with E-state index in [0.29, 0.717) is 22.5 Å². The van der Waals surface area contributed by atoms with Crippen LogP contribution in [-0.4, -0.2) is 26.6 Å². The Bertz CT molecular complexity index is 1070. The van der Waals surface area contributed by atoms with Crippen molar-refractivity contribution in [2.45, 2.75) is 36.0 Å². The van der Waals surface area contributed by atoms with Gasteiger partial charge in [0.1, 0.15) is 17.8 Å². The normalized spacial score (nSPS) is 28.3. The first-order chi connectivity index (χ1) is 12.5. The number of esters is 1. The number of rotatable bonds is 3. The standard InChI is InChI=1S/C20H16O5S/c1-12(21)24-17-11-16-18(26(22,23)13-7-3-2-4-8-13)14-9-5-6-10-15(14)20(16)19(17)25-20/h2-10,17,19H,11H2,1H3/t17-,19-,20+/m0/s1. The Hall–Kier alpha value is -2.44. The summed E-state index contributed by atoms with van der Waals surface area (Å²) in [7, 11) is -3.71. The van der Waals surface area contributed by atoms with Crippen molar-refractivity contribution < 1.29 is 22.7 Å². The van der Waals surface area contributed by atoms with E-state index >= 15 is 0 Å². The van der Waals surface area contributed by atoms with E-state index in [1.807, 2.05) is 24.3 Å². The average Bonchev–Trinajstić information content (AvgIpc) is 3.21. The van der Waals surface area contributed by atoms with Gasteiger partial charge in [0.25, 0.3) is 0 Å². The van der Waals surface area contributed by atoms with E-state index in [2.05, 4.69) is 0 Å². The van der Waals surface area contributed by atoms with Crippen LogP contribution < -0.4 is 0 Å². The highest BCUT2D eigenvalue weighted by Crippen LogP contribution is 2.68. The first-order valence-electron chi connectivity index (χ1n) is 8.45. The van der Waals surface area contributed by atoms with Crippen LogP contribution in [0.15, 0.2) is 65.1 Å². The van der Waals surface area contributed by atoms with Crippen molar-refractivity contribution in [3.8, 4) is 0 Å². The van der Waals surface area contributed by atoms with Crippen molar-refractivity contribution in [3.05, 3.63) is 71.3 Å². The maximum absolute atomic E-state index is 13.4. The van der Waals surface area contributed by atoms with Crippen LogP contribution >= 0.6 is 0 Å². The molecule has 0 N–H and O–H groups in total. The first-order valence-corrected chi connectivity index (χ1v) is 9.93. The van der Waals surface area contributed by atoms with E-state index < -0.39 is 21.5 Å². The Kier molecular flexibility index (Phi) is 3.07. The summed E-state index contributed by atoms with van der Waals surface area (Å²) in [5.41, 5.74) is 1.49. The Balaban J connectivity index is 1.72. The molecule has 2 aromatic carbocycles. The van der Waals surface area contributed by atoms with Gasteiger partial charge in [-0.15, -0.1) is 0 Å². The summed E-state index contributed by atoms with van der Waals surface area (Å²) in [4.78, 5) is 12.0. The zero-order valence-electron chi connectivity index (χ0n) is 14.0. The van der Waals surface area contributed by atoms with Crippen molar-refractivity contribution in [3.63, 3.8) is 0 Å². The van der Waals surface area contributed by atoms with Gasteiger partial charge in [0.15, 0.2) is 0 Å². The van der Waals surface area contributed by atoms with Crippen molar-refractivity contribution >= 4 is 20.7 Å². The van der Waals surface area contributed by atoms with Gasteiger partial charge in [-0.2, -0.15) is 0 Å². The van der Waals surface area contributed by atoms with Gasteiger partial charge in [-0.3, -0.25) is 4.79 Å². The second kappa shape index (κ2) is 5.05. The Labute approximate surface area is 151 Å². The topological polar surface area (TPSA) is 73.0 Å². The number of benzene rings is 2.